The zero-order valence-corrected chi connectivity index (χ0v) is 15.5. The molecule has 1 aliphatic rings. The molecule has 9 heteroatoms. The van der Waals surface area contributed by atoms with Crippen LogP contribution in [0, 0.1) is 0 Å². The van der Waals surface area contributed by atoms with Gasteiger partial charge in [-0.2, -0.15) is 0 Å². The highest BCUT2D eigenvalue weighted by Gasteiger charge is 2.29. The molecule has 0 saturated carbocycles. The number of hydrogen-bond acceptors (Lipinski definition) is 3. The summed E-state index contributed by atoms with van der Waals surface area (Å²) in [5.41, 5.74) is 12.5. The Kier molecular flexibility index (Phi) is 5.27. The summed E-state index contributed by atoms with van der Waals surface area (Å²) in [6.07, 6.45) is 4.51. The summed E-state index contributed by atoms with van der Waals surface area (Å²) in [6, 6.07) is 5.22. The van der Waals surface area contributed by atoms with Crippen LogP contribution in [0.25, 0.3) is 17.0 Å². The van der Waals surface area contributed by atoms with Crippen LogP contribution in [0.5, 0.6) is 0 Å². The van der Waals surface area contributed by atoms with Crippen molar-refractivity contribution in [2.24, 2.45) is 16.5 Å². The number of rotatable bonds is 5. The number of piperazine rings is 1. The molecule has 1 aliphatic heterocycles. The number of halogens is 1. The van der Waals surface area contributed by atoms with Gasteiger partial charge in [-0.3, -0.25) is 14.6 Å². The molecular formula is C17H19BrN6O2. The van der Waals surface area contributed by atoms with Crippen LogP contribution in [-0.2, 0) is 9.59 Å². The second-order valence-electron chi connectivity index (χ2n) is 5.96. The Bertz CT molecular complexity index is 913. The van der Waals surface area contributed by atoms with E-state index in [1.807, 2.05) is 18.2 Å². The van der Waals surface area contributed by atoms with E-state index in [9.17, 15) is 9.59 Å². The maximum atomic E-state index is 12.3. The first-order valence-electron chi connectivity index (χ1n) is 8.09. The molecule has 1 fully saturated rings. The van der Waals surface area contributed by atoms with Crippen LogP contribution in [0.15, 0.2) is 39.6 Å². The number of aliphatic imine (C=N–C) groups is 1. The topological polar surface area (TPSA) is 138 Å². The average Bonchev–Trinajstić information content (AvgIpc) is 2.97. The van der Waals surface area contributed by atoms with Crippen molar-refractivity contribution in [3.63, 3.8) is 0 Å². The maximum Gasteiger partial charge on any atom is 0.268 e. The molecule has 2 amide bonds. The van der Waals surface area contributed by atoms with Crippen molar-refractivity contribution in [2.75, 3.05) is 6.54 Å². The second-order valence-corrected chi connectivity index (χ2v) is 6.87. The van der Waals surface area contributed by atoms with E-state index in [1.165, 1.54) is 0 Å². The van der Waals surface area contributed by atoms with Gasteiger partial charge in [0.05, 0.1) is 0 Å². The van der Waals surface area contributed by atoms with Crippen molar-refractivity contribution in [3.05, 3.63) is 40.1 Å². The molecule has 3 rings (SSSR count). The lowest BCUT2D eigenvalue weighted by atomic mass is 10.1. The van der Waals surface area contributed by atoms with E-state index in [2.05, 4.69) is 36.5 Å². The van der Waals surface area contributed by atoms with Gasteiger partial charge in [-0.1, -0.05) is 22.0 Å². The Morgan fingerprint density at radius 3 is 2.88 bits per heavy atom. The van der Waals surface area contributed by atoms with Crippen LogP contribution in [0.1, 0.15) is 18.4 Å². The van der Waals surface area contributed by atoms with E-state index in [-0.39, 0.29) is 23.5 Å². The van der Waals surface area contributed by atoms with Crippen molar-refractivity contribution >= 4 is 50.7 Å². The van der Waals surface area contributed by atoms with Crippen LogP contribution in [0.3, 0.4) is 0 Å². The third-order valence-electron chi connectivity index (χ3n) is 4.05. The number of benzene rings is 1. The number of carbonyl (C=O) groups is 2. The van der Waals surface area contributed by atoms with Gasteiger partial charge in [-0.05, 0) is 31.1 Å². The van der Waals surface area contributed by atoms with E-state index in [0.29, 0.717) is 19.4 Å². The molecule has 0 bridgehead atoms. The molecule has 1 saturated heterocycles. The molecular weight excluding hydrogens is 400 g/mol. The summed E-state index contributed by atoms with van der Waals surface area (Å²) in [5, 5.41) is 6.37. The number of hydrogen-bond donors (Lipinski definition) is 5. The second kappa shape index (κ2) is 7.61. The van der Waals surface area contributed by atoms with Crippen molar-refractivity contribution in [1.82, 2.24) is 15.6 Å². The molecule has 136 valence electrons. The van der Waals surface area contributed by atoms with Gasteiger partial charge in [0.2, 0.25) is 5.91 Å². The first-order valence-corrected chi connectivity index (χ1v) is 8.89. The fourth-order valence-electron chi connectivity index (χ4n) is 2.78. The largest absolute Gasteiger partial charge is 0.370 e. The minimum Gasteiger partial charge on any atom is -0.370 e. The zero-order valence-electron chi connectivity index (χ0n) is 13.9. The van der Waals surface area contributed by atoms with E-state index in [4.69, 9.17) is 11.5 Å². The van der Waals surface area contributed by atoms with Crippen LogP contribution in [-0.4, -0.2) is 35.3 Å². The lowest BCUT2D eigenvalue weighted by molar-refractivity contribution is -0.131. The number of aromatic amines is 1. The van der Waals surface area contributed by atoms with Crippen molar-refractivity contribution in [1.29, 1.82) is 0 Å². The standard InChI is InChI=1S/C17H19BrN6O2/c18-10-3-4-11-9(8-22-13(11)7-10)6-14-16(26)23-12(15(25)24-14)2-1-5-21-17(19)20/h3-4,6-8,12,22H,1-2,5H2,(H,23,26)(H,24,25)(H4,19,20,21)/t12-/m1/s1. The number of fused-ring (bicyclic) bond motifs is 1. The number of carbonyl (C=O) groups excluding carboxylic acids is 2. The summed E-state index contributed by atoms with van der Waals surface area (Å²) in [5.74, 6) is -0.552. The molecule has 1 aromatic heterocycles. The number of guanidine groups is 1. The smallest absolute Gasteiger partial charge is 0.268 e. The lowest BCUT2D eigenvalue weighted by Crippen LogP contribution is -2.54. The summed E-state index contributed by atoms with van der Waals surface area (Å²) in [6.45, 7) is 0.412. The zero-order chi connectivity index (χ0) is 18.7. The third kappa shape index (κ3) is 4.05. The number of nitrogens with two attached hydrogens (primary N) is 2. The van der Waals surface area contributed by atoms with Gasteiger partial charge in [-0.15, -0.1) is 0 Å². The van der Waals surface area contributed by atoms with Crippen molar-refractivity contribution in [2.45, 2.75) is 18.9 Å². The highest BCUT2D eigenvalue weighted by Crippen LogP contribution is 2.24. The quantitative estimate of drug-likeness (QED) is 0.213. The van der Waals surface area contributed by atoms with Crippen molar-refractivity contribution < 1.29 is 9.59 Å². The number of nitrogens with zero attached hydrogens (tertiary/aromatic N) is 1. The molecule has 0 radical (unpaired) electrons. The Morgan fingerprint density at radius 1 is 1.31 bits per heavy atom. The SMILES string of the molecule is NC(N)=NCCC[C@H]1NC(=O)C(=Cc2c[nH]c3cc(Br)ccc23)NC1=O. The van der Waals surface area contributed by atoms with Crippen LogP contribution in [0.4, 0.5) is 0 Å². The fourth-order valence-corrected chi connectivity index (χ4v) is 3.14. The molecule has 0 unspecified atom stereocenters. The Balaban J connectivity index is 1.70. The normalized spacial score (nSPS) is 18.7. The Morgan fingerprint density at radius 2 is 2.12 bits per heavy atom. The molecule has 0 spiro atoms. The van der Waals surface area contributed by atoms with Gasteiger partial charge in [0, 0.05) is 33.7 Å². The molecule has 2 aromatic rings. The Hall–Kier alpha value is -2.81. The fraction of sp³-hybridized carbons (Fsp3) is 0.235. The summed E-state index contributed by atoms with van der Waals surface area (Å²) >= 11 is 3.42. The maximum absolute atomic E-state index is 12.3. The van der Waals surface area contributed by atoms with E-state index in [0.717, 1.165) is 20.9 Å². The van der Waals surface area contributed by atoms with Gasteiger partial charge >= 0.3 is 0 Å². The number of amides is 2. The molecule has 7 N–H and O–H groups in total. The third-order valence-corrected chi connectivity index (χ3v) is 4.54. The average molecular weight is 419 g/mol. The van der Waals surface area contributed by atoms with Crippen LogP contribution < -0.4 is 22.1 Å². The van der Waals surface area contributed by atoms with Crippen molar-refractivity contribution in [3.8, 4) is 0 Å². The van der Waals surface area contributed by atoms with E-state index >= 15 is 0 Å². The van der Waals surface area contributed by atoms with E-state index < -0.39 is 6.04 Å². The summed E-state index contributed by atoms with van der Waals surface area (Å²) in [4.78, 5) is 31.6. The molecule has 8 nitrogen and oxygen atoms in total. The highest BCUT2D eigenvalue weighted by atomic mass is 79.9. The first-order chi connectivity index (χ1) is 12.4. The van der Waals surface area contributed by atoms with E-state index in [1.54, 1.807) is 12.3 Å². The van der Waals surface area contributed by atoms with Crippen LogP contribution in [0.2, 0.25) is 0 Å². The minimum atomic E-state index is -0.590. The minimum absolute atomic E-state index is 0.0121. The summed E-state index contributed by atoms with van der Waals surface area (Å²) in [7, 11) is 0. The monoisotopic (exact) mass is 418 g/mol. The van der Waals surface area contributed by atoms with Gasteiger partial charge in [0.1, 0.15) is 11.7 Å². The number of H-pyrrole nitrogens is 1. The molecule has 0 aliphatic carbocycles. The van der Waals surface area contributed by atoms with Gasteiger partial charge < -0.3 is 27.1 Å². The number of aromatic nitrogens is 1. The van der Waals surface area contributed by atoms with Gasteiger partial charge in [-0.25, -0.2) is 0 Å². The molecule has 26 heavy (non-hydrogen) atoms. The predicted octanol–water partition coefficient (Wildman–Crippen LogP) is 0.940. The predicted molar refractivity (Wildman–Crippen MR) is 104 cm³/mol. The van der Waals surface area contributed by atoms with Gasteiger partial charge in [0.25, 0.3) is 5.91 Å². The first kappa shape index (κ1) is 18.0. The molecule has 1 atom stereocenters. The lowest BCUT2D eigenvalue weighted by Gasteiger charge is -2.24. The van der Waals surface area contributed by atoms with Crippen LogP contribution >= 0.6 is 15.9 Å². The highest BCUT2D eigenvalue weighted by molar-refractivity contribution is 9.10. The molecule has 1 aromatic carbocycles. The number of nitrogens with one attached hydrogen (secondary N) is 3. The van der Waals surface area contributed by atoms with Gasteiger partial charge in [0.15, 0.2) is 5.96 Å². The molecule has 2 heterocycles. The summed E-state index contributed by atoms with van der Waals surface area (Å²) < 4.78 is 0.957. The Labute approximate surface area is 158 Å².